The van der Waals surface area contributed by atoms with Gasteiger partial charge in [0, 0.05) is 34.8 Å². The predicted octanol–water partition coefficient (Wildman–Crippen LogP) is 3.70. The summed E-state index contributed by atoms with van der Waals surface area (Å²) in [5, 5.41) is 8.06. The molecule has 156 valence electrons. The maximum atomic E-state index is 12.7. The van der Waals surface area contributed by atoms with E-state index in [9.17, 15) is 9.59 Å². The molecule has 0 spiro atoms. The average molecular weight is 405 g/mol. The number of carbonyl (C=O) groups excluding carboxylic acids is 2. The lowest BCUT2D eigenvalue weighted by atomic mass is 10.0. The third-order valence-electron chi connectivity index (χ3n) is 5.37. The van der Waals surface area contributed by atoms with Crippen molar-refractivity contribution in [3.63, 3.8) is 0 Å². The number of rotatable bonds is 6. The van der Waals surface area contributed by atoms with Gasteiger partial charge in [-0.1, -0.05) is 49.7 Å². The molecule has 3 rings (SSSR count). The SMILES string of the molecule is Cc1ccc(C(=O)NC(C(=O)NN=Cc2c(C)n(C)c3ccccc23)C(C)C)cc1. The molecule has 0 bridgehead atoms. The second kappa shape index (κ2) is 8.95. The number of nitrogens with zero attached hydrogens (tertiary/aromatic N) is 2. The van der Waals surface area contributed by atoms with E-state index >= 15 is 0 Å². The fourth-order valence-corrected chi connectivity index (χ4v) is 3.41. The van der Waals surface area contributed by atoms with Crippen LogP contribution in [0.4, 0.5) is 0 Å². The largest absolute Gasteiger partial charge is 0.347 e. The molecule has 1 heterocycles. The first-order valence-corrected chi connectivity index (χ1v) is 10.0. The van der Waals surface area contributed by atoms with E-state index in [-0.39, 0.29) is 17.7 Å². The van der Waals surface area contributed by atoms with Crippen molar-refractivity contribution in [2.24, 2.45) is 18.1 Å². The smallest absolute Gasteiger partial charge is 0.262 e. The third-order valence-corrected chi connectivity index (χ3v) is 5.37. The molecule has 2 amide bonds. The molecular formula is C24H28N4O2. The predicted molar refractivity (Wildman–Crippen MR) is 121 cm³/mol. The molecule has 2 aromatic carbocycles. The van der Waals surface area contributed by atoms with Crippen molar-refractivity contribution in [1.29, 1.82) is 0 Å². The molecule has 0 saturated heterocycles. The minimum absolute atomic E-state index is 0.0890. The Labute approximate surface area is 177 Å². The first-order chi connectivity index (χ1) is 14.3. The van der Waals surface area contributed by atoms with Crippen LogP contribution in [0.2, 0.25) is 0 Å². The highest BCUT2D eigenvalue weighted by atomic mass is 16.2. The van der Waals surface area contributed by atoms with Gasteiger partial charge in [0.1, 0.15) is 6.04 Å². The van der Waals surface area contributed by atoms with Crippen molar-refractivity contribution in [3.05, 3.63) is 70.9 Å². The number of nitrogens with one attached hydrogen (secondary N) is 2. The van der Waals surface area contributed by atoms with Crippen LogP contribution in [0.25, 0.3) is 10.9 Å². The molecule has 0 aliphatic heterocycles. The van der Waals surface area contributed by atoms with Gasteiger partial charge in [-0.2, -0.15) is 5.10 Å². The van der Waals surface area contributed by atoms with Crippen molar-refractivity contribution < 1.29 is 9.59 Å². The molecule has 0 radical (unpaired) electrons. The molecule has 6 nitrogen and oxygen atoms in total. The maximum Gasteiger partial charge on any atom is 0.262 e. The van der Waals surface area contributed by atoms with Gasteiger partial charge in [0.15, 0.2) is 0 Å². The molecule has 30 heavy (non-hydrogen) atoms. The Balaban J connectivity index is 1.72. The zero-order valence-electron chi connectivity index (χ0n) is 18.1. The molecule has 0 fully saturated rings. The van der Waals surface area contributed by atoms with Gasteiger partial charge >= 0.3 is 0 Å². The van der Waals surface area contributed by atoms with Crippen LogP contribution < -0.4 is 10.7 Å². The van der Waals surface area contributed by atoms with Crippen LogP contribution in [0, 0.1) is 19.8 Å². The molecule has 1 aromatic heterocycles. The summed E-state index contributed by atoms with van der Waals surface area (Å²) in [4.78, 5) is 25.2. The zero-order chi connectivity index (χ0) is 21.8. The summed E-state index contributed by atoms with van der Waals surface area (Å²) in [5.74, 6) is -0.716. The molecule has 6 heteroatoms. The van der Waals surface area contributed by atoms with Gasteiger partial charge in [-0.3, -0.25) is 9.59 Å². The van der Waals surface area contributed by atoms with Crippen LogP contribution in [0.5, 0.6) is 0 Å². The topological polar surface area (TPSA) is 75.5 Å². The van der Waals surface area contributed by atoms with Crippen LogP contribution in [-0.2, 0) is 11.8 Å². The Morgan fingerprint density at radius 3 is 2.37 bits per heavy atom. The third kappa shape index (κ3) is 4.43. The Hall–Kier alpha value is -3.41. The Kier molecular flexibility index (Phi) is 6.35. The zero-order valence-corrected chi connectivity index (χ0v) is 18.1. The second-order valence-corrected chi connectivity index (χ2v) is 7.87. The number of hydrazone groups is 1. The first-order valence-electron chi connectivity index (χ1n) is 10.0. The molecule has 0 aliphatic carbocycles. The number of benzene rings is 2. The highest BCUT2D eigenvalue weighted by Crippen LogP contribution is 2.23. The normalized spacial score (nSPS) is 12.5. The van der Waals surface area contributed by atoms with Crippen molar-refractivity contribution >= 4 is 28.9 Å². The summed E-state index contributed by atoms with van der Waals surface area (Å²) in [6.45, 7) is 7.75. The molecule has 0 saturated carbocycles. The number of amides is 2. The fourth-order valence-electron chi connectivity index (χ4n) is 3.41. The number of aryl methyl sites for hydroxylation is 2. The van der Waals surface area contributed by atoms with Gasteiger partial charge in [0.25, 0.3) is 11.8 Å². The number of fused-ring (bicyclic) bond motifs is 1. The molecule has 1 atom stereocenters. The molecular weight excluding hydrogens is 376 g/mol. The van der Waals surface area contributed by atoms with Crippen LogP contribution in [0.15, 0.2) is 53.6 Å². The van der Waals surface area contributed by atoms with E-state index in [1.165, 1.54) is 0 Å². The number of hydrogen-bond donors (Lipinski definition) is 2. The minimum atomic E-state index is -0.690. The van der Waals surface area contributed by atoms with Gasteiger partial charge < -0.3 is 9.88 Å². The van der Waals surface area contributed by atoms with Crippen molar-refractivity contribution in [2.45, 2.75) is 33.7 Å². The van der Waals surface area contributed by atoms with Crippen LogP contribution in [0.1, 0.15) is 41.0 Å². The molecule has 2 N–H and O–H groups in total. The summed E-state index contributed by atoms with van der Waals surface area (Å²) >= 11 is 0. The first kappa shape index (κ1) is 21.3. The van der Waals surface area contributed by atoms with Gasteiger partial charge in [-0.25, -0.2) is 5.43 Å². The lowest BCUT2D eigenvalue weighted by Gasteiger charge is -2.20. The van der Waals surface area contributed by atoms with Crippen LogP contribution >= 0.6 is 0 Å². The van der Waals surface area contributed by atoms with E-state index in [1.54, 1.807) is 18.3 Å². The van der Waals surface area contributed by atoms with Crippen molar-refractivity contribution in [3.8, 4) is 0 Å². The summed E-state index contributed by atoms with van der Waals surface area (Å²) in [6.07, 6.45) is 1.66. The number of aromatic nitrogens is 1. The standard InChI is InChI=1S/C24H28N4O2/c1-15(2)22(26-23(29)18-12-10-16(3)11-13-18)24(30)27-25-14-20-17(4)28(5)21-9-7-6-8-19(20)21/h6-15,22H,1-5H3,(H,26,29)(H,27,30). The van der Waals surface area contributed by atoms with Crippen molar-refractivity contribution in [1.82, 2.24) is 15.3 Å². The Morgan fingerprint density at radius 1 is 1.03 bits per heavy atom. The average Bonchev–Trinajstić information content (AvgIpc) is 2.97. The Morgan fingerprint density at radius 2 is 1.70 bits per heavy atom. The van der Waals surface area contributed by atoms with Crippen molar-refractivity contribution in [2.75, 3.05) is 0 Å². The lowest BCUT2D eigenvalue weighted by Crippen LogP contribution is -2.48. The molecule has 1 unspecified atom stereocenters. The van der Waals surface area contributed by atoms with E-state index in [0.717, 1.165) is 27.7 Å². The highest BCUT2D eigenvalue weighted by Gasteiger charge is 2.24. The van der Waals surface area contributed by atoms with Gasteiger partial charge in [0.2, 0.25) is 0 Å². The van der Waals surface area contributed by atoms with E-state index in [2.05, 4.69) is 20.4 Å². The van der Waals surface area contributed by atoms with E-state index in [4.69, 9.17) is 0 Å². The molecule has 0 aliphatic rings. The number of para-hydroxylation sites is 1. The van der Waals surface area contributed by atoms with Crippen LogP contribution in [0.3, 0.4) is 0 Å². The monoisotopic (exact) mass is 404 g/mol. The summed E-state index contributed by atoms with van der Waals surface area (Å²) < 4.78 is 2.09. The van der Waals surface area contributed by atoms with E-state index < -0.39 is 6.04 Å². The van der Waals surface area contributed by atoms with Gasteiger partial charge in [-0.15, -0.1) is 0 Å². The highest BCUT2D eigenvalue weighted by molar-refractivity contribution is 6.01. The van der Waals surface area contributed by atoms with E-state index in [0.29, 0.717) is 5.56 Å². The fraction of sp³-hybridized carbons (Fsp3) is 0.292. The second-order valence-electron chi connectivity index (χ2n) is 7.87. The molecule has 3 aromatic rings. The maximum absolute atomic E-state index is 12.7. The van der Waals surface area contributed by atoms with Gasteiger partial charge in [0.05, 0.1) is 6.21 Å². The summed E-state index contributed by atoms with van der Waals surface area (Å²) in [6, 6.07) is 14.6. The number of carbonyl (C=O) groups is 2. The quantitative estimate of drug-likeness (QED) is 0.486. The Bertz CT molecular complexity index is 1090. The summed E-state index contributed by atoms with van der Waals surface area (Å²) in [5.41, 5.74) is 7.30. The van der Waals surface area contributed by atoms with Crippen LogP contribution in [-0.4, -0.2) is 28.6 Å². The van der Waals surface area contributed by atoms with Gasteiger partial charge in [-0.05, 0) is 38.0 Å². The minimum Gasteiger partial charge on any atom is -0.347 e. The lowest BCUT2D eigenvalue weighted by molar-refractivity contribution is -0.123. The summed E-state index contributed by atoms with van der Waals surface area (Å²) in [7, 11) is 2.00. The number of hydrogen-bond acceptors (Lipinski definition) is 3. The van der Waals surface area contributed by atoms with E-state index in [1.807, 2.05) is 71.1 Å².